The maximum absolute atomic E-state index is 10.6. The van der Waals surface area contributed by atoms with Gasteiger partial charge in [0.15, 0.2) is 5.11 Å². The maximum atomic E-state index is 10.6. The van der Waals surface area contributed by atoms with Gasteiger partial charge in [-0.3, -0.25) is 9.59 Å². The first-order valence-corrected chi connectivity index (χ1v) is 7.44. The number of H-pyrrole nitrogens is 1. The molecule has 0 spiro atoms. The van der Waals surface area contributed by atoms with Crippen molar-refractivity contribution in [2.45, 2.75) is 25.4 Å². The molecule has 2 atom stereocenters. The summed E-state index contributed by atoms with van der Waals surface area (Å²) in [6, 6.07) is 6.76. The Morgan fingerprint density at radius 1 is 1.43 bits per heavy atom. The molecule has 1 aromatic heterocycles. The average molecular weight is 334 g/mol. The zero-order valence-corrected chi connectivity index (χ0v) is 13.3. The van der Waals surface area contributed by atoms with Crippen LogP contribution in [0.2, 0.25) is 0 Å². The lowest BCUT2D eigenvalue weighted by Crippen LogP contribution is -2.32. The van der Waals surface area contributed by atoms with E-state index >= 15 is 0 Å². The third kappa shape index (κ3) is 4.27. The van der Waals surface area contributed by atoms with Crippen LogP contribution in [0.15, 0.2) is 30.5 Å². The number of rotatable bonds is 3. The van der Waals surface area contributed by atoms with Crippen LogP contribution in [0.5, 0.6) is 0 Å². The van der Waals surface area contributed by atoms with Crippen molar-refractivity contribution in [1.82, 2.24) is 15.6 Å². The summed E-state index contributed by atoms with van der Waals surface area (Å²) in [4.78, 5) is 24.2. The second kappa shape index (κ2) is 7.21. The fourth-order valence-corrected chi connectivity index (χ4v) is 2.42. The van der Waals surface area contributed by atoms with Gasteiger partial charge in [0.1, 0.15) is 12.1 Å². The molecule has 8 heteroatoms. The number of aromatic nitrogens is 1. The van der Waals surface area contributed by atoms with E-state index in [-0.39, 0.29) is 11.9 Å². The summed E-state index contributed by atoms with van der Waals surface area (Å²) in [5.41, 5.74) is 7.43. The molecule has 2 heterocycles. The number of carboxylic acids is 1. The second-order valence-electron chi connectivity index (χ2n) is 5.19. The lowest BCUT2D eigenvalue weighted by molar-refractivity contribution is -0.138. The minimum Gasteiger partial charge on any atom is -0.480 e. The maximum Gasteiger partial charge on any atom is 0.320 e. The number of amides is 1. The lowest BCUT2D eigenvalue weighted by Gasteiger charge is -2.04. The van der Waals surface area contributed by atoms with Gasteiger partial charge in [-0.25, -0.2) is 0 Å². The highest BCUT2D eigenvalue weighted by molar-refractivity contribution is 7.80. The third-order valence-corrected chi connectivity index (χ3v) is 3.63. The highest BCUT2D eigenvalue weighted by Gasteiger charge is 2.21. The van der Waals surface area contributed by atoms with Crippen molar-refractivity contribution in [1.29, 1.82) is 0 Å². The van der Waals surface area contributed by atoms with E-state index in [9.17, 15) is 9.59 Å². The molecule has 1 aromatic carbocycles. The number of carboxylic acid groups (broad SMARTS) is 1. The van der Waals surface area contributed by atoms with Crippen LogP contribution < -0.4 is 16.4 Å². The first-order chi connectivity index (χ1) is 10.9. The Hall–Kier alpha value is -2.45. The zero-order valence-electron chi connectivity index (χ0n) is 12.5. The van der Waals surface area contributed by atoms with E-state index in [0.29, 0.717) is 11.5 Å². The number of thiocarbonyl (C=S) groups is 1. The van der Waals surface area contributed by atoms with Gasteiger partial charge in [-0.1, -0.05) is 18.2 Å². The van der Waals surface area contributed by atoms with E-state index in [1.54, 1.807) is 6.92 Å². The van der Waals surface area contributed by atoms with Crippen LogP contribution in [0.4, 0.5) is 0 Å². The summed E-state index contributed by atoms with van der Waals surface area (Å²) in [5, 5.41) is 15.4. The Morgan fingerprint density at radius 2 is 2.13 bits per heavy atom. The first kappa shape index (κ1) is 16.9. The van der Waals surface area contributed by atoms with Gasteiger partial charge in [0.05, 0.1) is 0 Å². The monoisotopic (exact) mass is 334 g/mol. The SMILES string of the molecule is CC1NC(=S)NC1=O.N[C@@H](Cc1c[nH]c2ccccc12)C(=O)O. The predicted octanol–water partition coefficient (Wildman–Crippen LogP) is 0.502. The molecule has 0 aliphatic carbocycles. The lowest BCUT2D eigenvalue weighted by atomic mass is 10.1. The molecule has 7 nitrogen and oxygen atoms in total. The van der Waals surface area contributed by atoms with Gasteiger partial charge in [0, 0.05) is 23.5 Å². The molecular formula is C15H18N4O3S. The quantitative estimate of drug-likeness (QED) is 0.521. The van der Waals surface area contributed by atoms with Gasteiger partial charge >= 0.3 is 5.97 Å². The Labute approximate surface area is 138 Å². The molecule has 1 amide bonds. The van der Waals surface area contributed by atoms with Gasteiger partial charge < -0.3 is 26.5 Å². The van der Waals surface area contributed by atoms with E-state index in [2.05, 4.69) is 27.8 Å². The van der Waals surface area contributed by atoms with Crippen LogP contribution in [-0.2, 0) is 16.0 Å². The summed E-state index contributed by atoms with van der Waals surface area (Å²) in [5.74, 6) is -1.02. The number of carbonyl (C=O) groups is 2. The van der Waals surface area contributed by atoms with Gasteiger partial charge in [-0.15, -0.1) is 0 Å². The fraction of sp³-hybridized carbons (Fsp3) is 0.267. The predicted molar refractivity (Wildman–Crippen MR) is 91.0 cm³/mol. The number of hydrogen-bond donors (Lipinski definition) is 5. The van der Waals surface area contributed by atoms with Crippen molar-refractivity contribution in [2.24, 2.45) is 5.73 Å². The largest absolute Gasteiger partial charge is 0.480 e. The molecule has 1 saturated heterocycles. The van der Waals surface area contributed by atoms with Crippen LogP contribution in [0.3, 0.4) is 0 Å². The third-order valence-electron chi connectivity index (χ3n) is 3.41. The number of para-hydroxylation sites is 1. The van der Waals surface area contributed by atoms with Gasteiger partial charge in [-0.2, -0.15) is 0 Å². The van der Waals surface area contributed by atoms with E-state index < -0.39 is 12.0 Å². The van der Waals surface area contributed by atoms with E-state index in [0.717, 1.165) is 16.5 Å². The molecule has 1 unspecified atom stereocenters. The molecule has 6 N–H and O–H groups in total. The Bertz CT molecular complexity index is 743. The summed E-state index contributed by atoms with van der Waals surface area (Å²) < 4.78 is 0. The molecule has 0 bridgehead atoms. The molecule has 2 aromatic rings. The number of nitrogens with two attached hydrogens (primary N) is 1. The van der Waals surface area contributed by atoms with Crippen molar-refractivity contribution in [3.63, 3.8) is 0 Å². The molecule has 23 heavy (non-hydrogen) atoms. The number of benzene rings is 1. The topological polar surface area (TPSA) is 120 Å². The fourth-order valence-electron chi connectivity index (χ4n) is 2.14. The number of hydrogen-bond acceptors (Lipinski definition) is 4. The summed E-state index contributed by atoms with van der Waals surface area (Å²) >= 11 is 4.63. The Kier molecular flexibility index (Phi) is 5.30. The number of carbonyl (C=O) groups excluding carboxylic acids is 1. The van der Waals surface area contributed by atoms with Crippen molar-refractivity contribution < 1.29 is 14.7 Å². The highest BCUT2D eigenvalue weighted by atomic mass is 32.1. The highest BCUT2D eigenvalue weighted by Crippen LogP contribution is 2.18. The normalized spacial score (nSPS) is 17.9. The van der Waals surface area contributed by atoms with Crippen LogP contribution >= 0.6 is 12.2 Å². The number of nitrogens with one attached hydrogen (secondary N) is 3. The number of aromatic amines is 1. The standard InChI is InChI=1S/C11H12N2O2.C4H6N2OS/c12-9(11(14)15)5-7-6-13-10-4-2-1-3-8(7)10;1-2-3(7)6-4(8)5-2/h1-4,6,9,13H,5,12H2,(H,14,15);2H,1H3,(H2,5,6,7,8)/t9-;/m0./s1. The Morgan fingerprint density at radius 3 is 2.65 bits per heavy atom. The van der Waals surface area contributed by atoms with Crippen LogP contribution in [0.25, 0.3) is 10.9 Å². The summed E-state index contributed by atoms with van der Waals surface area (Å²) in [6.45, 7) is 1.76. The minimum absolute atomic E-state index is 0.0463. The summed E-state index contributed by atoms with van der Waals surface area (Å²) in [7, 11) is 0. The van der Waals surface area contributed by atoms with Crippen molar-refractivity contribution in [3.8, 4) is 0 Å². The Balaban J connectivity index is 0.000000203. The van der Waals surface area contributed by atoms with Crippen molar-refractivity contribution in [2.75, 3.05) is 0 Å². The summed E-state index contributed by atoms with van der Waals surface area (Å²) in [6.07, 6.45) is 2.16. The molecule has 1 aliphatic heterocycles. The molecule has 0 radical (unpaired) electrons. The molecule has 1 aliphatic rings. The first-order valence-electron chi connectivity index (χ1n) is 7.03. The second-order valence-corrected chi connectivity index (χ2v) is 5.60. The van der Waals surface area contributed by atoms with E-state index in [1.807, 2.05) is 30.5 Å². The smallest absolute Gasteiger partial charge is 0.320 e. The van der Waals surface area contributed by atoms with E-state index in [4.69, 9.17) is 10.8 Å². The van der Waals surface area contributed by atoms with E-state index in [1.165, 1.54) is 0 Å². The van der Waals surface area contributed by atoms with Crippen LogP contribution in [-0.4, -0.2) is 39.2 Å². The number of fused-ring (bicyclic) bond motifs is 1. The van der Waals surface area contributed by atoms with Crippen LogP contribution in [0, 0.1) is 0 Å². The van der Waals surface area contributed by atoms with Crippen molar-refractivity contribution in [3.05, 3.63) is 36.0 Å². The minimum atomic E-state index is -0.972. The molecular weight excluding hydrogens is 316 g/mol. The molecule has 122 valence electrons. The van der Waals surface area contributed by atoms with Gasteiger partial charge in [-0.05, 0) is 30.8 Å². The molecule has 0 saturated carbocycles. The average Bonchev–Trinajstić information content (AvgIpc) is 3.03. The van der Waals surface area contributed by atoms with Crippen LogP contribution in [0.1, 0.15) is 12.5 Å². The molecule has 3 rings (SSSR count). The van der Waals surface area contributed by atoms with Gasteiger partial charge in [0.25, 0.3) is 0 Å². The van der Waals surface area contributed by atoms with Crippen molar-refractivity contribution >= 4 is 40.1 Å². The van der Waals surface area contributed by atoms with Gasteiger partial charge in [0.2, 0.25) is 5.91 Å². The molecule has 1 fully saturated rings. The zero-order chi connectivity index (χ0) is 17.0. The number of aliphatic carboxylic acids is 1.